The number of carbonyl (C=O) groups is 2. The van der Waals surface area contributed by atoms with E-state index in [1.807, 2.05) is 6.92 Å². The lowest BCUT2D eigenvalue weighted by Crippen LogP contribution is -2.29. The third-order valence-electron chi connectivity index (χ3n) is 5.62. The fourth-order valence-corrected chi connectivity index (χ4v) is 4.05. The SMILES string of the molecule is COc1cccc(C2/C(=C(\O)c3cccc([N+](=O)[O-])c3)C(=O)C(=O)N2c2ccc(C)c(Cl)c2)c1. The van der Waals surface area contributed by atoms with E-state index in [0.717, 1.165) is 11.6 Å². The van der Waals surface area contributed by atoms with Crippen LogP contribution in [0.15, 0.2) is 72.3 Å². The van der Waals surface area contributed by atoms with Gasteiger partial charge in [0.15, 0.2) is 0 Å². The lowest BCUT2D eigenvalue weighted by Gasteiger charge is -2.26. The lowest BCUT2D eigenvalue weighted by molar-refractivity contribution is -0.384. The zero-order valence-corrected chi connectivity index (χ0v) is 18.9. The third-order valence-corrected chi connectivity index (χ3v) is 6.03. The van der Waals surface area contributed by atoms with Crippen molar-refractivity contribution in [1.82, 2.24) is 0 Å². The summed E-state index contributed by atoms with van der Waals surface area (Å²) in [6.07, 6.45) is 0. The van der Waals surface area contributed by atoms with Gasteiger partial charge in [0.2, 0.25) is 0 Å². The zero-order valence-electron chi connectivity index (χ0n) is 18.2. The summed E-state index contributed by atoms with van der Waals surface area (Å²) in [7, 11) is 1.49. The van der Waals surface area contributed by atoms with Crippen LogP contribution in [0.4, 0.5) is 11.4 Å². The van der Waals surface area contributed by atoms with Gasteiger partial charge in [0.05, 0.1) is 23.6 Å². The highest BCUT2D eigenvalue weighted by atomic mass is 35.5. The van der Waals surface area contributed by atoms with Crippen LogP contribution in [0.5, 0.6) is 5.75 Å². The molecule has 1 saturated heterocycles. The Balaban J connectivity index is 1.97. The Kier molecular flexibility index (Phi) is 6.08. The summed E-state index contributed by atoms with van der Waals surface area (Å²) in [5.41, 5.74) is 1.24. The molecule has 1 aliphatic heterocycles. The van der Waals surface area contributed by atoms with Gasteiger partial charge in [-0.1, -0.05) is 41.9 Å². The highest BCUT2D eigenvalue weighted by molar-refractivity contribution is 6.51. The number of nitro groups is 1. The number of halogens is 1. The highest BCUT2D eigenvalue weighted by Crippen LogP contribution is 2.43. The molecule has 1 unspecified atom stereocenters. The van der Waals surface area contributed by atoms with Gasteiger partial charge in [0.1, 0.15) is 11.5 Å². The number of anilines is 1. The maximum Gasteiger partial charge on any atom is 0.300 e. The number of amides is 1. The van der Waals surface area contributed by atoms with Crippen LogP contribution in [0.2, 0.25) is 5.02 Å². The number of nitrogens with zero attached hydrogens (tertiary/aromatic N) is 2. The van der Waals surface area contributed by atoms with Crippen LogP contribution in [0, 0.1) is 17.0 Å². The topological polar surface area (TPSA) is 110 Å². The molecule has 4 rings (SSSR count). The van der Waals surface area contributed by atoms with Gasteiger partial charge in [-0.2, -0.15) is 0 Å². The van der Waals surface area contributed by atoms with Gasteiger partial charge < -0.3 is 9.84 Å². The first kappa shape index (κ1) is 23.0. The molecular weight excluding hydrogens is 460 g/mol. The van der Waals surface area contributed by atoms with E-state index >= 15 is 0 Å². The molecule has 1 N–H and O–H groups in total. The molecule has 1 amide bonds. The average molecular weight is 479 g/mol. The number of ketones is 1. The molecule has 3 aromatic rings. The standard InChI is InChI=1S/C25H19ClN2O6/c1-14-9-10-17(13-20(14)26)27-22(15-5-4-8-19(12-15)34-2)21(24(30)25(27)31)23(29)16-6-3-7-18(11-16)28(32)33/h3-13,22,29H,1-2H3/b23-21+. The fourth-order valence-electron chi connectivity index (χ4n) is 3.88. The summed E-state index contributed by atoms with van der Waals surface area (Å²) >= 11 is 6.29. The Morgan fingerprint density at radius 2 is 1.82 bits per heavy atom. The van der Waals surface area contributed by atoms with Crippen molar-refractivity contribution in [2.24, 2.45) is 0 Å². The first-order chi connectivity index (χ1) is 16.2. The number of hydrogen-bond donors (Lipinski definition) is 1. The molecule has 1 atom stereocenters. The second kappa shape index (κ2) is 8.99. The average Bonchev–Trinajstić information content (AvgIpc) is 3.11. The van der Waals surface area contributed by atoms with Crippen molar-refractivity contribution in [2.75, 3.05) is 12.0 Å². The van der Waals surface area contributed by atoms with Crippen LogP contribution in [-0.2, 0) is 9.59 Å². The molecule has 9 heteroatoms. The molecule has 0 spiro atoms. The number of aliphatic hydroxyl groups is 1. The molecule has 0 radical (unpaired) electrons. The fraction of sp³-hybridized carbons (Fsp3) is 0.120. The summed E-state index contributed by atoms with van der Waals surface area (Å²) in [5.74, 6) is -1.82. The molecule has 172 valence electrons. The number of Topliss-reactive ketones (excluding diaryl/α,β-unsaturated/α-hetero) is 1. The van der Waals surface area contributed by atoms with Crippen molar-refractivity contribution in [3.8, 4) is 5.75 Å². The number of benzene rings is 3. The quantitative estimate of drug-likeness (QED) is 0.177. The number of rotatable bonds is 5. The van der Waals surface area contributed by atoms with Gasteiger partial charge in [0.25, 0.3) is 17.4 Å². The molecule has 1 aliphatic rings. The highest BCUT2D eigenvalue weighted by Gasteiger charge is 2.47. The summed E-state index contributed by atoms with van der Waals surface area (Å²) < 4.78 is 5.30. The molecule has 8 nitrogen and oxygen atoms in total. The maximum absolute atomic E-state index is 13.2. The van der Waals surface area contributed by atoms with Crippen molar-refractivity contribution >= 4 is 40.4 Å². The minimum atomic E-state index is -1.02. The molecule has 34 heavy (non-hydrogen) atoms. The smallest absolute Gasteiger partial charge is 0.300 e. The third kappa shape index (κ3) is 3.99. The Morgan fingerprint density at radius 1 is 1.09 bits per heavy atom. The number of aliphatic hydroxyl groups excluding tert-OH is 1. The molecule has 0 saturated carbocycles. The monoisotopic (exact) mass is 478 g/mol. The maximum atomic E-state index is 13.2. The molecule has 3 aromatic carbocycles. The minimum Gasteiger partial charge on any atom is -0.507 e. The van der Waals surface area contributed by atoms with Crippen molar-refractivity contribution in [3.63, 3.8) is 0 Å². The molecule has 1 fully saturated rings. The first-order valence-electron chi connectivity index (χ1n) is 10.2. The molecule has 0 aromatic heterocycles. The summed E-state index contributed by atoms with van der Waals surface area (Å²) in [6, 6.07) is 15.9. The van der Waals surface area contributed by atoms with Gasteiger partial charge in [-0.25, -0.2) is 0 Å². The van der Waals surface area contributed by atoms with E-state index in [1.165, 1.54) is 30.2 Å². The van der Waals surface area contributed by atoms with Crippen LogP contribution in [-0.4, -0.2) is 28.8 Å². The Labute approximate surface area is 199 Å². The number of methoxy groups -OCH3 is 1. The van der Waals surface area contributed by atoms with Gasteiger partial charge in [0, 0.05) is 28.4 Å². The van der Waals surface area contributed by atoms with Crippen LogP contribution in [0.25, 0.3) is 5.76 Å². The normalized spacial score (nSPS) is 17.1. The van der Waals surface area contributed by atoms with Crippen LogP contribution >= 0.6 is 11.6 Å². The van der Waals surface area contributed by atoms with Gasteiger partial charge >= 0.3 is 0 Å². The summed E-state index contributed by atoms with van der Waals surface area (Å²) in [5, 5.41) is 22.8. The number of carbonyl (C=O) groups excluding carboxylic acids is 2. The van der Waals surface area contributed by atoms with Crippen molar-refractivity contribution in [2.45, 2.75) is 13.0 Å². The van der Waals surface area contributed by atoms with E-state index in [4.69, 9.17) is 16.3 Å². The number of non-ortho nitro benzene ring substituents is 1. The summed E-state index contributed by atoms with van der Waals surface area (Å²) in [4.78, 5) is 38.3. The van der Waals surface area contributed by atoms with Crippen molar-refractivity contribution in [1.29, 1.82) is 0 Å². The number of nitro benzene ring substituents is 1. The second-order valence-corrected chi connectivity index (χ2v) is 8.09. The predicted molar refractivity (Wildman–Crippen MR) is 127 cm³/mol. The molecule has 1 heterocycles. The zero-order chi connectivity index (χ0) is 24.6. The van der Waals surface area contributed by atoms with E-state index in [0.29, 0.717) is 22.0 Å². The Hall–Kier alpha value is -4.17. The van der Waals surface area contributed by atoms with Gasteiger partial charge in [-0.15, -0.1) is 0 Å². The Morgan fingerprint density at radius 3 is 2.50 bits per heavy atom. The van der Waals surface area contributed by atoms with E-state index in [2.05, 4.69) is 0 Å². The lowest BCUT2D eigenvalue weighted by atomic mass is 9.94. The van der Waals surface area contributed by atoms with Gasteiger partial charge in [-0.05, 0) is 42.3 Å². The van der Waals surface area contributed by atoms with Crippen LogP contribution < -0.4 is 9.64 Å². The molecule has 0 aliphatic carbocycles. The van der Waals surface area contributed by atoms with Crippen molar-refractivity contribution in [3.05, 3.63) is 104 Å². The minimum absolute atomic E-state index is 0.0436. The van der Waals surface area contributed by atoms with E-state index in [9.17, 15) is 24.8 Å². The van der Waals surface area contributed by atoms with Gasteiger partial charge in [-0.3, -0.25) is 24.6 Å². The predicted octanol–water partition coefficient (Wildman–Crippen LogP) is 5.19. The van der Waals surface area contributed by atoms with Crippen LogP contribution in [0.1, 0.15) is 22.7 Å². The number of hydrogen-bond acceptors (Lipinski definition) is 6. The first-order valence-corrected chi connectivity index (χ1v) is 10.6. The van der Waals surface area contributed by atoms with E-state index in [1.54, 1.807) is 42.5 Å². The van der Waals surface area contributed by atoms with Crippen molar-refractivity contribution < 1.29 is 24.4 Å². The summed E-state index contributed by atoms with van der Waals surface area (Å²) in [6.45, 7) is 1.81. The number of aryl methyl sites for hydroxylation is 1. The molecule has 0 bridgehead atoms. The largest absolute Gasteiger partial charge is 0.507 e. The number of ether oxygens (including phenoxy) is 1. The van der Waals surface area contributed by atoms with E-state index in [-0.39, 0.29) is 16.8 Å². The second-order valence-electron chi connectivity index (χ2n) is 7.69. The van der Waals surface area contributed by atoms with E-state index < -0.39 is 28.4 Å². The Bertz CT molecular complexity index is 1370. The molecular formula is C25H19ClN2O6. The van der Waals surface area contributed by atoms with Crippen LogP contribution in [0.3, 0.4) is 0 Å².